The lowest BCUT2D eigenvalue weighted by Crippen LogP contribution is -2.31. The van der Waals surface area contributed by atoms with Gasteiger partial charge in [-0.1, -0.05) is 0 Å². The Morgan fingerprint density at radius 1 is 1.00 bits per heavy atom. The van der Waals surface area contributed by atoms with Crippen molar-refractivity contribution in [2.75, 3.05) is 20.3 Å². The predicted molar refractivity (Wildman–Crippen MR) is 83.2 cm³/mol. The Bertz CT molecular complexity index is 569. The number of ketones is 1. The second kappa shape index (κ2) is 9.46. The number of nitrogens with zero attached hydrogens (tertiary/aromatic N) is 2. The highest BCUT2D eigenvalue weighted by molar-refractivity contribution is 6.49. The van der Waals surface area contributed by atoms with Crippen molar-refractivity contribution in [3.05, 3.63) is 5.57 Å². The third-order valence-corrected chi connectivity index (χ3v) is 2.14. The number of carbonyl (C=O) groups excluding carboxylic acids is 4. The summed E-state index contributed by atoms with van der Waals surface area (Å²) >= 11 is 0. The van der Waals surface area contributed by atoms with E-state index < -0.39 is 35.0 Å². The van der Waals surface area contributed by atoms with Crippen LogP contribution in [-0.2, 0) is 28.6 Å². The van der Waals surface area contributed by atoms with Crippen LogP contribution in [0.2, 0.25) is 0 Å². The molecule has 9 nitrogen and oxygen atoms in total. The van der Waals surface area contributed by atoms with Crippen LogP contribution in [0.1, 0.15) is 34.6 Å². The Morgan fingerprint density at radius 2 is 1.50 bits per heavy atom. The number of Topliss-reactive ketones (excluding diaryl/α,β-unsaturated/α-hetero) is 1. The van der Waals surface area contributed by atoms with Gasteiger partial charge in [-0.15, -0.1) is 5.10 Å². The highest BCUT2D eigenvalue weighted by atomic mass is 16.6. The number of hydrazone groups is 1. The fourth-order valence-electron chi connectivity index (χ4n) is 1.18. The molecule has 0 aromatic carbocycles. The topological polar surface area (TPSA) is 112 Å². The summed E-state index contributed by atoms with van der Waals surface area (Å²) in [5, 5.41) is 4.24. The molecule has 0 aliphatic rings. The Labute approximate surface area is 140 Å². The summed E-state index contributed by atoms with van der Waals surface area (Å²) in [6, 6.07) is 0. The molecule has 0 rings (SSSR count). The first-order valence-corrected chi connectivity index (χ1v) is 7.22. The standard InChI is InChI=1S/C15H22N2O7/c1-7-22-12(19)10(11(18)13(20)23-8-2)9-16-17(6)14(21)24-15(3,4)5/h7-8H2,1-6H3. The molecule has 0 fully saturated rings. The number of hydrogen-bond acceptors (Lipinski definition) is 8. The van der Waals surface area contributed by atoms with Crippen LogP contribution in [0.5, 0.6) is 0 Å². The molecule has 0 saturated heterocycles. The van der Waals surface area contributed by atoms with E-state index in [4.69, 9.17) is 4.74 Å². The number of amides is 1. The molecular weight excluding hydrogens is 320 g/mol. The molecule has 134 valence electrons. The van der Waals surface area contributed by atoms with Crippen LogP contribution < -0.4 is 0 Å². The molecule has 0 N–H and O–H groups in total. The molecule has 9 heteroatoms. The van der Waals surface area contributed by atoms with Gasteiger partial charge >= 0.3 is 18.0 Å². The average molecular weight is 342 g/mol. The Kier molecular flexibility index (Phi) is 8.41. The van der Waals surface area contributed by atoms with Gasteiger partial charge in [0.2, 0.25) is 0 Å². The van der Waals surface area contributed by atoms with Crippen molar-refractivity contribution in [1.29, 1.82) is 0 Å². The maximum absolute atomic E-state index is 11.9. The van der Waals surface area contributed by atoms with Crippen molar-refractivity contribution in [2.45, 2.75) is 40.2 Å². The van der Waals surface area contributed by atoms with Gasteiger partial charge in [0.25, 0.3) is 5.78 Å². The van der Waals surface area contributed by atoms with E-state index in [0.717, 1.165) is 5.01 Å². The maximum Gasteiger partial charge on any atom is 0.431 e. The van der Waals surface area contributed by atoms with Crippen LogP contribution in [0, 0.1) is 0 Å². The molecule has 1 amide bonds. The smallest absolute Gasteiger partial charge is 0.431 e. The van der Waals surface area contributed by atoms with Gasteiger partial charge in [0.15, 0.2) is 5.57 Å². The molecule has 0 aromatic rings. The first-order chi connectivity index (χ1) is 11.0. The maximum atomic E-state index is 11.9. The summed E-state index contributed by atoms with van der Waals surface area (Å²) in [6.07, 6.45) is -0.832. The number of rotatable bonds is 6. The quantitative estimate of drug-likeness (QED) is 0.104. The molecular formula is C15H22N2O7. The minimum Gasteiger partial charge on any atom is -0.462 e. The van der Waals surface area contributed by atoms with E-state index in [1.807, 2.05) is 0 Å². The number of esters is 2. The van der Waals surface area contributed by atoms with Gasteiger partial charge in [0.05, 0.1) is 13.2 Å². The van der Waals surface area contributed by atoms with E-state index in [9.17, 15) is 19.2 Å². The van der Waals surface area contributed by atoms with Crippen LogP contribution in [0.3, 0.4) is 0 Å². The van der Waals surface area contributed by atoms with Crippen LogP contribution in [0.15, 0.2) is 10.7 Å². The fourth-order valence-corrected chi connectivity index (χ4v) is 1.18. The van der Waals surface area contributed by atoms with Crippen LogP contribution in [0.25, 0.3) is 0 Å². The lowest BCUT2D eigenvalue weighted by molar-refractivity contribution is -0.153. The van der Waals surface area contributed by atoms with Gasteiger partial charge in [-0.05, 0) is 34.6 Å². The van der Waals surface area contributed by atoms with Gasteiger partial charge in [0, 0.05) is 12.9 Å². The molecule has 0 aromatic heterocycles. The van der Waals surface area contributed by atoms with E-state index >= 15 is 0 Å². The molecule has 0 heterocycles. The second-order valence-corrected chi connectivity index (χ2v) is 5.36. The van der Waals surface area contributed by atoms with Crippen molar-refractivity contribution >= 4 is 29.7 Å². The minimum atomic E-state index is -1.27. The highest BCUT2D eigenvalue weighted by Gasteiger charge is 2.28. The van der Waals surface area contributed by atoms with Crippen molar-refractivity contribution in [1.82, 2.24) is 5.01 Å². The van der Waals surface area contributed by atoms with Crippen molar-refractivity contribution < 1.29 is 33.4 Å². The Balaban J connectivity index is 5.51. The van der Waals surface area contributed by atoms with Gasteiger partial charge in [-0.25, -0.2) is 14.4 Å². The fraction of sp³-hybridized carbons (Fsp3) is 0.600. The zero-order valence-electron chi connectivity index (χ0n) is 14.7. The molecule has 0 aliphatic carbocycles. The summed E-state index contributed by atoms with van der Waals surface area (Å²) in [6.45, 7) is 7.93. The first-order valence-electron chi connectivity index (χ1n) is 7.22. The van der Waals surface area contributed by atoms with Crippen LogP contribution in [0.4, 0.5) is 4.79 Å². The lowest BCUT2D eigenvalue weighted by atomic mass is 10.2. The van der Waals surface area contributed by atoms with Crippen molar-refractivity contribution in [3.63, 3.8) is 0 Å². The van der Waals surface area contributed by atoms with E-state index in [1.54, 1.807) is 20.8 Å². The normalized spacial score (nSPS) is 10.1. The molecule has 0 spiro atoms. The summed E-state index contributed by atoms with van der Waals surface area (Å²) < 4.78 is 14.2. The van der Waals surface area contributed by atoms with Crippen LogP contribution in [-0.4, -0.2) is 60.6 Å². The molecule has 0 atom stereocenters. The molecule has 24 heavy (non-hydrogen) atoms. The van der Waals surface area contributed by atoms with E-state index in [2.05, 4.69) is 20.4 Å². The minimum absolute atomic E-state index is 0.0258. The first kappa shape index (κ1) is 21.3. The highest BCUT2D eigenvalue weighted by Crippen LogP contribution is 2.09. The number of ether oxygens (including phenoxy) is 3. The zero-order chi connectivity index (χ0) is 18.9. The molecule has 0 bridgehead atoms. The molecule has 0 unspecified atom stereocenters. The number of carbonyl (C=O) groups is 4. The number of hydrogen-bond donors (Lipinski definition) is 0. The summed E-state index contributed by atoms with van der Waals surface area (Å²) in [4.78, 5) is 46.9. The second-order valence-electron chi connectivity index (χ2n) is 5.36. The zero-order valence-corrected chi connectivity index (χ0v) is 14.7. The Morgan fingerprint density at radius 3 is 1.96 bits per heavy atom. The van der Waals surface area contributed by atoms with Gasteiger partial charge in [-0.2, -0.15) is 5.01 Å². The summed E-state index contributed by atoms with van der Waals surface area (Å²) in [7, 11) is 1.23. The van der Waals surface area contributed by atoms with Gasteiger partial charge < -0.3 is 14.2 Å². The summed E-state index contributed by atoms with van der Waals surface area (Å²) in [5.41, 5.74) is -1.53. The van der Waals surface area contributed by atoms with Crippen molar-refractivity contribution in [2.24, 2.45) is 5.10 Å². The Hall–Kier alpha value is -2.67. The monoisotopic (exact) mass is 342 g/mol. The van der Waals surface area contributed by atoms with E-state index in [0.29, 0.717) is 0 Å². The lowest BCUT2D eigenvalue weighted by Gasteiger charge is -2.21. The average Bonchev–Trinajstić information content (AvgIpc) is 2.45. The predicted octanol–water partition coefficient (Wildman–Crippen LogP) is 1.06. The van der Waals surface area contributed by atoms with Gasteiger partial charge in [-0.3, -0.25) is 4.79 Å². The summed E-state index contributed by atoms with van der Waals surface area (Å²) in [5.74, 6) is -1.56. The van der Waals surface area contributed by atoms with Crippen LogP contribution >= 0.6 is 0 Å². The SMILES string of the molecule is CCOC(=O)C(=O)C(=C=NN(C)C(=O)OC(C)(C)C)C(=O)OCC. The molecule has 0 aliphatic heterocycles. The van der Waals surface area contributed by atoms with Gasteiger partial charge in [0.1, 0.15) is 5.60 Å². The van der Waals surface area contributed by atoms with Crippen molar-refractivity contribution in [3.8, 4) is 0 Å². The third kappa shape index (κ3) is 7.55. The third-order valence-electron chi connectivity index (χ3n) is 2.14. The van der Waals surface area contributed by atoms with E-state index in [1.165, 1.54) is 20.9 Å². The largest absolute Gasteiger partial charge is 0.462 e. The molecule has 0 saturated carbocycles. The molecule has 0 radical (unpaired) electrons. The van der Waals surface area contributed by atoms with E-state index in [-0.39, 0.29) is 13.2 Å².